The zero-order valence-corrected chi connectivity index (χ0v) is 16.1. The van der Waals surface area contributed by atoms with Gasteiger partial charge < -0.3 is 14.6 Å². The third kappa shape index (κ3) is 2.84. The number of ether oxygens (including phenoxy) is 1. The van der Waals surface area contributed by atoms with Crippen molar-refractivity contribution in [2.24, 2.45) is 9.98 Å². The fourth-order valence-electron chi connectivity index (χ4n) is 3.69. The molecule has 28 heavy (non-hydrogen) atoms. The molecule has 1 N–H and O–H groups in total. The number of likely N-dealkylation sites (N-methyl/N-ethyl adjacent to an activating group) is 1. The summed E-state index contributed by atoms with van der Waals surface area (Å²) in [5.74, 6) is 1.54. The van der Waals surface area contributed by atoms with Gasteiger partial charge in [-0.2, -0.15) is 0 Å². The molecule has 0 spiro atoms. The van der Waals surface area contributed by atoms with Crippen LogP contribution in [0.15, 0.2) is 58.5 Å². The molecular formula is C23H22N4O. The van der Waals surface area contributed by atoms with Crippen LogP contribution in [0.25, 0.3) is 17.0 Å². The van der Waals surface area contributed by atoms with Crippen LogP contribution in [0.3, 0.4) is 0 Å². The van der Waals surface area contributed by atoms with E-state index in [0.29, 0.717) is 6.61 Å². The Kier molecular flexibility index (Phi) is 4.10. The first-order chi connectivity index (χ1) is 13.7. The smallest absolute Gasteiger partial charge is 0.171 e. The van der Waals surface area contributed by atoms with E-state index in [1.165, 1.54) is 10.9 Å². The molecule has 2 aliphatic rings. The predicted octanol–water partition coefficient (Wildman–Crippen LogP) is 2.71. The minimum atomic E-state index is 0.598. The van der Waals surface area contributed by atoms with Crippen LogP contribution in [0.2, 0.25) is 0 Å². The number of allylic oxidation sites excluding steroid dienone is 2. The van der Waals surface area contributed by atoms with Gasteiger partial charge in [-0.25, -0.2) is 9.98 Å². The minimum Gasteiger partial charge on any atom is -0.488 e. The molecule has 5 rings (SSSR count). The third-order valence-corrected chi connectivity index (χ3v) is 5.13. The number of benzene rings is 2. The van der Waals surface area contributed by atoms with E-state index < -0.39 is 0 Å². The van der Waals surface area contributed by atoms with E-state index >= 15 is 0 Å². The lowest BCUT2D eigenvalue weighted by Gasteiger charge is -2.12. The average molecular weight is 370 g/mol. The SMILES string of the molecule is CN(C)CCOc1c2c(cc3c4c([nH]c13)=CC=CC4)N=C(c1ccccc1)N=2. The summed E-state index contributed by atoms with van der Waals surface area (Å²) in [5, 5.41) is 3.13. The van der Waals surface area contributed by atoms with Crippen molar-refractivity contribution in [1.82, 2.24) is 9.88 Å². The zero-order valence-electron chi connectivity index (χ0n) is 16.1. The van der Waals surface area contributed by atoms with Crippen LogP contribution < -0.4 is 15.4 Å². The molecule has 140 valence electrons. The lowest BCUT2D eigenvalue weighted by molar-refractivity contribution is 0.261. The molecule has 0 fully saturated rings. The second-order valence-electron chi connectivity index (χ2n) is 7.38. The summed E-state index contributed by atoms with van der Waals surface area (Å²) in [5.41, 5.74) is 4.19. The minimum absolute atomic E-state index is 0.598. The normalized spacial score (nSPS) is 14.5. The molecule has 1 aliphatic carbocycles. The van der Waals surface area contributed by atoms with Crippen LogP contribution in [-0.4, -0.2) is 43.0 Å². The van der Waals surface area contributed by atoms with Crippen molar-refractivity contribution in [2.45, 2.75) is 6.42 Å². The van der Waals surface area contributed by atoms with Gasteiger partial charge in [-0.15, -0.1) is 0 Å². The van der Waals surface area contributed by atoms with Crippen molar-refractivity contribution in [3.05, 3.63) is 70.4 Å². The Morgan fingerprint density at radius 1 is 1.14 bits per heavy atom. The molecule has 0 amide bonds. The molecule has 0 radical (unpaired) electrons. The maximum atomic E-state index is 6.26. The Hall–Kier alpha value is -3.18. The Balaban J connectivity index is 1.68. The number of aliphatic imine (C=N–C) groups is 1. The van der Waals surface area contributed by atoms with E-state index in [1.807, 2.05) is 44.4 Å². The number of aromatic amines is 1. The van der Waals surface area contributed by atoms with Crippen molar-refractivity contribution in [3.8, 4) is 5.75 Å². The van der Waals surface area contributed by atoms with Crippen LogP contribution in [0.1, 0.15) is 11.1 Å². The fraction of sp³-hybridized carbons (Fsp3) is 0.217. The summed E-state index contributed by atoms with van der Waals surface area (Å²) in [7, 11) is 4.09. The van der Waals surface area contributed by atoms with Crippen LogP contribution in [-0.2, 0) is 6.42 Å². The van der Waals surface area contributed by atoms with Crippen molar-refractivity contribution in [2.75, 3.05) is 27.2 Å². The van der Waals surface area contributed by atoms with Crippen LogP contribution in [0, 0.1) is 0 Å². The molecular weight excluding hydrogens is 348 g/mol. The topological polar surface area (TPSA) is 53.0 Å². The Morgan fingerprint density at radius 2 is 2.00 bits per heavy atom. The molecule has 2 aromatic carbocycles. The Labute approximate surface area is 163 Å². The van der Waals surface area contributed by atoms with Crippen molar-refractivity contribution in [3.63, 3.8) is 0 Å². The highest BCUT2D eigenvalue weighted by Gasteiger charge is 2.21. The number of nitrogens with one attached hydrogen (secondary N) is 1. The standard InChI is InChI=1S/C23H22N4O/c1-27(2)12-13-28-22-20-17(16-10-6-7-11-18(16)24-20)14-19-21(22)26-23(25-19)15-8-4-3-5-9-15/h3-9,11,14,24H,10,12-13H2,1-2H3. The summed E-state index contributed by atoms with van der Waals surface area (Å²) in [6.07, 6.45) is 7.30. The zero-order chi connectivity index (χ0) is 19.1. The van der Waals surface area contributed by atoms with E-state index in [1.54, 1.807) is 0 Å². The monoisotopic (exact) mass is 370 g/mol. The summed E-state index contributed by atoms with van der Waals surface area (Å²) >= 11 is 0. The van der Waals surface area contributed by atoms with E-state index in [4.69, 9.17) is 14.7 Å². The lowest BCUT2D eigenvalue weighted by atomic mass is 10.1. The van der Waals surface area contributed by atoms with Gasteiger partial charge in [-0.3, -0.25) is 0 Å². The van der Waals surface area contributed by atoms with Crippen LogP contribution >= 0.6 is 0 Å². The molecule has 0 bridgehead atoms. The number of H-pyrrole nitrogens is 1. The number of hydrogen-bond donors (Lipinski definition) is 1. The molecule has 0 saturated carbocycles. The van der Waals surface area contributed by atoms with Crippen LogP contribution in [0.5, 0.6) is 5.75 Å². The molecule has 0 unspecified atom stereocenters. The van der Waals surface area contributed by atoms with Crippen molar-refractivity contribution in [1.29, 1.82) is 0 Å². The van der Waals surface area contributed by atoms with E-state index in [9.17, 15) is 0 Å². The van der Waals surface area contributed by atoms with Gasteiger partial charge in [0.15, 0.2) is 11.6 Å². The van der Waals surface area contributed by atoms with Crippen LogP contribution in [0.4, 0.5) is 5.69 Å². The van der Waals surface area contributed by atoms with Gasteiger partial charge in [0, 0.05) is 22.8 Å². The van der Waals surface area contributed by atoms with Gasteiger partial charge in [0.25, 0.3) is 0 Å². The van der Waals surface area contributed by atoms with E-state index in [0.717, 1.165) is 52.0 Å². The Bertz CT molecular complexity index is 1230. The molecule has 0 saturated heterocycles. The summed E-state index contributed by atoms with van der Waals surface area (Å²) in [4.78, 5) is 15.3. The number of rotatable bonds is 5. The van der Waals surface area contributed by atoms with Gasteiger partial charge >= 0.3 is 0 Å². The summed E-state index contributed by atoms with van der Waals surface area (Å²) in [6.45, 7) is 1.44. The second kappa shape index (κ2) is 6.77. The van der Waals surface area contributed by atoms with Crippen molar-refractivity contribution < 1.29 is 4.74 Å². The van der Waals surface area contributed by atoms with Gasteiger partial charge in [0.05, 0.1) is 11.2 Å². The molecule has 1 aromatic heterocycles. The molecule has 5 heteroatoms. The molecule has 3 aromatic rings. The summed E-state index contributed by atoms with van der Waals surface area (Å²) in [6, 6.07) is 12.2. The molecule has 0 atom stereocenters. The van der Waals surface area contributed by atoms with E-state index in [-0.39, 0.29) is 0 Å². The first kappa shape index (κ1) is 17.0. The predicted molar refractivity (Wildman–Crippen MR) is 113 cm³/mol. The van der Waals surface area contributed by atoms with Gasteiger partial charge in [0.1, 0.15) is 12.0 Å². The number of aromatic nitrogens is 1. The third-order valence-electron chi connectivity index (χ3n) is 5.13. The van der Waals surface area contributed by atoms with Gasteiger partial charge in [0.2, 0.25) is 0 Å². The van der Waals surface area contributed by atoms with Crippen molar-refractivity contribution >= 4 is 28.5 Å². The first-order valence-electron chi connectivity index (χ1n) is 9.55. The second-order valence-corrected chi connectivity index (χ2v) is 7.38. The molecule has 5 nitrogen and oxygen atoms in total. The number of amidine groups is 1. The highest BCUT2D eigenvalue weighted by atomic mass is 16.5. The quantitative estimate of drug-likeness (QED) is 0.751. The van der Waals surface area contributed by atoms with E-state index in [2.05, 4.69) is 34.2 Å². The Morgan fingerprint density at radius 3 is 2.82 bits per heavy atom. The number of fused-ring (bicyclic) bond motifs is 4. The van der Waals surface area contributed by atoms with Gasteiger partial charge in [-0.1, -0.05) is 42.5 Å². The maximum Gasteiger partial charge on any atom is 0.171 e. The first-order valence-corrected chi connectivity index (χ1v) is 9.55. The maximum absolute atomic E-state index is 6.26. The highest BCUT2D eigenvalue weighted by molar-refractivity contribution is 6.04. The van der Waals surface area contributed by atoms with Gasteiger partial charge in [-0.05, 0) is 38.2 Å². The lowest BCUT2D eigenvalue weighted by Crippen LogP contribution is -2.21. The average Bonchev–Trinajstić information content (AvgIpc) is 3.29. The fourth-order valence-corrected chi connectivity index (χ4v) is 3.69. The highest BCUT2D eigenvalue weighted by Crippen LogP contribution is 2.30. The largest absolute Gasteiger partial charge is 0.488 e. The number of hydrogen-bond acceptors (Lipinski definition) is 4. The molecule has 1 aliphatic heterocycles. The molecule has 2 heterocycles. The number of nitrogens with zero attached hydrogens (tertiary/aromatic N) is 3. The summed E-state index contributed by atoms with van der Waals surface area (Å²) < 4.78 is 6.26.